The number of benzene rings is 1. The van der Waals surface area contributed by atoms with E-state index in [0.717, 1.165) is 24.1 Å². The summed E-state index contributed by atoms with van der Waals surface area (Å²) in [5, 5.41) is 16.5. The average Bonchev–Trinajstić information content (AvgIpc) is 3.31. The molecule has 2 fully saturated rings. The second-order valence-electron chi connectivity index (χ2n) is 11.3. The summed E-state index contributed by atoms with van der Waals surface area (Å²) >= 11 is 12.0. The second-order valence-corrected chi connectivity index (χ2v) is 12.1. The van der Waals surface area contributed by atoms with Crippen molar-refractivity contribution in [3.63, 3.8) is 0 Å². The van der Waals surface area contributed by atoms with Gasteiger partial charge in [-0.2, -0.15) is 13.2 Å². The van der Waals surface area contributed by atoms with Crippen LogP contribution in [0, 0.1) is 16.6 Å². The molecule has 1 aromatic carbocycles. The molecule has 0 spiro atoms. The molecule has 2 aliphatic rings. The zero-order valence-corrected chi connectivity index (χ0v) is 24.6. The minimum absolute atomic E-state index is 0.0170. The van der Waals surface area contributed by atoms with Gasteiger partial charge in [-0.3, -0.25) is 14.4 Å². The van der Waals surface area contributed by atoms with Crippen LogP contribution in [0.2, 0.25) is 10.0 Å². The van der Waals surface area contributed by atoms with Crippen LogP contribution in [-0.4, -0.2) is 76.8 Å². The number of carboxylic acid groups (broad SMARTS) is 1. The van der Waals surface area contributed by atoms with Gasteiger partial charge in [0.05, 0.1) is 39.7 Å². The number of amides is 1. The van der Waals surface area contributed by atoms with Crippen molar-refractivity contribution in [2.45, 2.75) is 76.2 Å². The Hall–Kier alpha value is -2.73. The number of allylic oxidation sites excluding steroid dienone is 1. The number of carbonyl (C=O) groups excluding carboxylic acids is 2. The lowest BCUT2D eigenvalue weighted by molar-refractivity contribution is -0.151. The number of nitrogens with zero attached hydrogens (tertiary/aromatic N) is 2. The van der Waals surface area contributed by atoms with E-state index in [4.69, 9.17) is 28.6 Å². The number of aliphatic carboxylic acids is 1. The molecule has 0 radical (unpaired) electrons. The molecule has 7 nitrogen and oxygen atoms in total. The van der Waals surface area contributed by atoms with Crippen LogP contribution in [0.4, 0.5) is 22.0 Å². The number of alkyl halides is 4. The highest BCUT2D eigenvalue weighted by atomic mass is 35.5. The normalized spacial score (nSPS) is 22.7. The summed E-state index contributed by atoms with van der Waals surface area (Å²) in [5.41, 5.74) is -6.03. The SMILES string of the molecule is CN(C(=C(C=N)C(=O)N(CC(=O)c1c(Cl)cc(F)cc1Cl)CC1(F)CCCC1)C(F)(F)F)C1CCC(C)(C(=O)O)CC1. The van der Waals surface area contributed by atoms with Crippen molar-refractivity contribution in [3.05, 3.63) is 44.8 Å². The monoisotopic (exact) mass is 639 g/mol. The van der Waals surface area contributed by atoms with Crippen molar-refractivity contribution >= 4 is 47.1 Å². The summed E-state index contributed by atoms with van der Waals surface area (Å²) in [6.07, 6.45) is -3.57. The highest BCUT2D eigenvalue weighted by Crippen LogP contribution is 2.41. The molecular weight excluding hydrogens is 608 g/mol. The van der Waals surface area contributed by atoms with Gasteiger partial charge in [0.2, 0.25) is 0 Å². The molecule has 0 atom stereocenters. The smallest absolute Gasteiger partial charge is 0.431 e. The van der Waals surface area contributed by atoms with Gasteiger partial charge in [-0.25, -0.2) is 8.78 Å². The van der Waals surface area contributed by atoms with Crippen molar-refractivity contribution < 1.29 is 41.4 Å². The van der Waals surface area contributed by atoms with E-state index in [1.165, 1.54) is 6.92 Å². The van der Waals surface area contributed by atoms with Gasteiger partial charge in [-0.15, -0.1) is 0 Å². The van der Waals surface area contributed by atoms with E-state index in [9.17, 15) is 37.1 Å². The summed E-state index contributed by atoms with van der Waals surface area (Å²) in [5.74, 6) is -4.26. The Labute approximate surface area is 250 Å². The quantitative estimate of drug-likeness (QED) is 0.126. The fourth-order valence-electron chi connectivity index (χ4n) is 5.74. The summed E-state index contributed by atoms with van der Waals surface area (Å²) in [7, 11) is 1.11. The maximum atomic E-state index is 15.6. The van der Waals surface area contributed by atoms with E-state index in [0.29, 0.717) is 17.7 Å². The van der Waals surface area contributed by atoms with E-state index in [-0.39, 0.29) is 50.3 Å². The van der Waals surface area contributed by atoms with Gasteiger partial charge in [0.1, 0.15) is 17.2 Å². The lowest BCUT2D eigenvalue weighted by Crippen LogP contribution is -2.48. The lowest BCUT2D eigenvalue weighted by Gasteiger charge is -2.41. The van der Waals surface area contributed by atoms with Crippen LogP contribution in [0.25, 0.3) is 0 Å². The Morgan fingerprint density at radius 1 is 1.10 bits per heavy atom. The molecule has 0 saturated heterocycles. The third kappa shape index (κ3) is 7.42. The number of halogens is 7. The lowest BCUT2D eigenvalue weighted by atomic mass is 9.73. The standard InChI is InChI=1S/C28H32Cl2F5N3O4/c1-26(25(41)42)9-5-17(6-10-26)37(2)23(28(33,34)35)18(13-36)24(40)38(15-27(32)7-3-4-8-27)14-21(39)22-19(29)11-16(31)12-20(22)30/h11-13,17,36H,3-10,14-15H2,1-2H3,(H,41,42). The molecule has 2 saturated carbocycles. The maximum Gasteiger partial charge on any atom is 0.431 e. The number of rotatable bonds is 10. The van der Waals surface area contributed by atoms with Gasteiger partial charge < -0.3 is 20.3 Å². The van der Waals surface area contributed by atoms with Crippen LogP contribution in [0.1, 0.15) is 68.6 Å². The molecule has 2 N–H and O–H groups in total. The molecule has 14 heteroatoms. The Morgan fingerprint density at radius 2 is 1.62 bits per heavy atom. The number of carbonyl (C=O) groups is 3. The van der Waals surface area contributed by atoms with Gasteiger partial charge in [-0.1, -0.05) is 36.0 Å². The number of Topliss-reactive ketones (excluding diaryl/α,β-unsaturated/α-hetero) is 1. The van der Waals surface area contributed by atoms with E-state index >= 15 is 4.39 Å². The topological polar surface area (TPSA) is 102 Å². The van der Waals surface area contributed by atoms with Crippen LogP contribution in [0.5, 0.6) is 0 Å². The van der Waals surface area contributed by atoms with Crippen molar-refractivity contribution in [2.24, 2.45) is 5.41 Å². The number of hydrogen-bond acceptors (Lipinski definition) is 5. The molecule has 0 aromatic heterocycles. The van der Waals surface area contributed by atoms with Gasteiger partial charge in [0, 0.05) is 19.3 Å². The van der Waals surface area contributed by atoms with Gasteiger partial charge >= 0.3 is 12.1 Å². The fourth-order valence-corrected chi connectivity index (χ4v) is 6.41. The summed E-state index contributed by atoms with van der Waals surface area (Å²) in [4.78, 5) is 40.0. The van der Waals surface area contributed by atoms with E-state index in [2.05, 4.69) is 0 Å². The van der Waals surface area contributed by atoms with E-state index in [1.54, 1.807) is 0 Å². The van der Waals surface area contributed by atoms with Crippen LogP contribution < -0.4 is 0 Å². The summed E-state index contributed by atoms with van der Waals surface area (Å²) in [6.45, 7) is -0.133. The first-order valence-corrected chi connectivity index (χ1v) is 14.1. The molecule has 232 valence electrons. The van der Waals surface area contributed by atoms with Gasteiger partial charge in [0.25, 0.3) is 5.91 Å². The van der Waals surface area contributed by atoms with E-state index < -0.39 is 81.2 Å². The molecule has 0 heterocycles. The maximum absolute atomic E-state index is 15.6. The van der Waals surface area contributed by atoms with Crippen molar-refractivity contribution in [2.75, 3.05) is 20.1 Å². The first-order chi connectivity index (χ1) is 19.4. The Morgan fingerprint density at radius 3 is 2.07 bits per heavy atom. The largest absolute Gasteiger partial charge is 0.481 e. The van der Waals surface area contributed by atoms with Gasteiger partial charge in [-0.05, 0) is 57.6 Å². The first kappa shape index (κ1) is 33.8. The number of nitrogens with one attached hydrogen (secondary N) is 1. The third-order valence-electron chi connectivity index (χ3n) is 8.26. The van der Waals surface area contributed by atoms with Crippen molar-refractivity contribution in [1.82, 2.24) is 9.80 Å². The fraction of sp³-hybridized carbons (Fsp3) is 0.571. The van der Waals surface area contributed by atoms with Crippen molar-refractivity contribution in [3.8, 4) is 0 Å². The molecule has 1 aromatic rings. The zero-order valence-electron chi connectivity index (χ0n) is 23.1. The first-order valence-electron chi connectivity index (χ1n) is 13.4. The summed E-state index contributed by atoms with van der Waals surface area (Å²) in [6, 6.07) is 0.810. The zero-order chi connectivity index (χ0) is 31.6. The number of ketones is 1. The molecule has 42 heavy (non-hydrogen) atoms. The number of hydrogen-bond donors (Lipinski definition) is 2. The Balaban J connectivity index is 2.03. The van der Waals surface area contributed by atoms with Crippen LogP contribution in [0.15, 0.2) is 23.4 Å². The Bertz CT molecular complexity index is 1250. The Kier molecular flexibility index (Phi) is 10.3. The average molecular weight is 640 g/mol. The predicted octanol–water partition coefficient (Wildman–Crippen LogP) is 6.86. The highest BCUT2D eigenvalue weighted by molar-refractivity contribution is 6.40. The molecular formula is C28H32Cl2F5N3O4. The van der Waals surface area contributed by atoms with Gasteiger partial charge in [0.15, 0.2) is 5.78 Å². The van der Waals surface area contributed by atoms with Crippen LogP contribution in [-0.2, 0) is 9.59 Å². The molecule has 2 aliphatic carbocycles. The molecule has 0 aliphatic heterocycles. The highest BCUT2D eigenvalue weighted by Gasteiger charge is 2.46. The molecule has 3 rings (SSSR count). The molecule has 0 bridgehead atoms. The summed E-state index contributed by atoms with van der Waals surface area (Å²) < 4.78 is 72.9. The predicted molar refractivity (Wildman–Crippen MR) is 147 cm³/mol. The van der Waals surface area contributed by atoms with E-state index in [1.807, 2.05) is 0 Å². The van der Waals surface area contributed by atoms with Crippen molar-refractivity contribution in [1.29, 1.82) is 5.41 Å². The molecule has 1 amide bonds. The minimum atomic E-state index is -5.13. The minimum Gasteiger partial charge on any atom is -0.481 e. The number of carboxylic acids is 1. The van der Waals surface area contributed by atoms with Crippen LogP contribution >= 0.6 is 23.2 Å². The van der Waals surface area contributed by atoms with Crippen LogP contribution in [0.3, 0.4) is 0 Å². The third-order valence-corrected chi connectivity index (χ3v) is 8.85. The second kappa shape index (κ2) is 12.9. The molecule has 0 unspecified atom stereocenters.